The summed E-state index contributed by atoms with van der Waals surface area (Å²) >= 11 is 0. The summed E-state index contributed by atoms with van der Waals surface area (Å²) < 4.78 is 32.7. The van der Waals surface area contributed by atoms with Gasteiger partial charge in [-0.3, -0.25) is 4.18 Å². The van der Waals surface area contributed by atoms with E-state index >= 15 is 0 Å². The highest BCUT2D eigenvalue weighted by molar-refractivity contribution is 8.20. The maximum atomic E-state index is 11.2. The van der Waals surface area contributed by atoms with Crippen molar-refractivity contribution in [3.8, 4) is 12.3 Å². The van der Waals surface area contributed by atoms with Gasteiger partial charge in [-0.15, -0.1) is 6.42 Å². The SMILES string of the molecule is C#CC(C)OC(=O)OC1CCOS(O)(O)C1. The van der Waals surface area contributed by atoms with E-state index < -0.39 is 29.2 Å². The molecule has 1 rings (SSSR count). The highest BCUT2D eigenvalue weighted by atomic mass is 32.3. The average Bonchev–Trinajstić information content (AvgIpc) is 2.15. The van der Waals surface area contributed by atoms with E-state index in [0.29, 0.717) is 6.42 Å². The first-order valence-electron chi connectivity index (χ1n) is 4.66. The lowest BCUT2D eigenvalue weighted by atomic mass is 10.3. The summed E-state index contributed by atoms with van der Waals surface area (Å²) in [6.07, 6.45) is 3.22. The van der Waals surface area contributed by atoms with Gasteiger partial charge in [-0.2, -0.15) is 0 Å². The smallest absolute Gasteiger partial charge is 0.430 e. The number of hydrogen-bond acceptors (Lipinski definition) is 6. The van der Waals surface area contributed by atoms with E-state index in [2.05, 4.69) is 10.7 Å². The Morgan fingerprint density at radius 2 is 2.38 bits per heavy atom. The molecular weight excluding hydrogens is 236 g/mol. The van der Waals surface area contributed by atoms with E-state index in [1.54, 1.807) is 0 Å². The van der Waals surface area contributed by atoms with Gasteiger partial charge >= 0.3 is 6.16 Å². The van der Waals surface area contributed by atoms with Gasteiger partial charge < -0.3 is 18.6 Å². The van der Waals surface area contributed by atoms with Crippen molar-refractivity contribution >= 4 is 17.0 Å². The van der Waals surface area contributed by atoms with E-state index in [-0.39, 0.29) is 12.4 Å². The number of rotatable bonds is 2. The van der Waals surface area contributed by atoms with Gasteiger partial charge in [0, 0.05) is 6.42 Å². The topological polar surface area (TPSA) is 85.2 Å². The average molecular weight is 250 g/mol. The molecule has 2 N–H and O–H groups in total. The third-order valence-electron chi connectivity index (χ3n) is 1.89. The van der Waals surface area contributed by atoms with E-state index in [1.807, 2.05) is 0 Å². The molecule has 1 saturated heterocycles. The molecule has 92 valence electrons. The van der Waals surface area contributed by atoms with Gasteiger partial charge in [0.05, 0.1) is 23.2 Å². The Bertz CT molecular complexity index is 297. The van der Waals surface area contributed by atoms with Crippen molar-refractivity contribution < 1.29 is 27.6 Å². The van der Waals surface area contributed by atoms with Crippen molar-refractivity contribution in [3.05, 3.63) is 0 Å². The van der Waals surface area contributed by atoms with Crippen molar-refractivity contribution in [3.63, 3.8) is 0 Å². The zero-order valence-electron chi connectivity index (χ0n) is 8.79. The summed E-state index contributed by atoms with van der Waals surface area (Å²) in [4.78, 5) is 11.2. The summed E-state index contributed by atoms with van der Waals surface area (Å²) in [6, 6.07) is 0. The summed E-state index contributed by atoms with van der Waals surface area (Å²) in [5.74, 6) is 2.08. The third-order valence-corrected chi connectivity index (χ3v) is 3.24. The Balaban J connectivity index is 2.37. The fourth-order valence-corrected chi connectivity index (χ4v) is 2.30. The lowest BCUT2D eigenvalue weighted by Gasteiger charge is -2.34. The van der Waals surface area contributed by atoms with Crippen LogP contribution in [0.3, 0.4) is 0 Å². The molecule has 2 atom stereocenters. The number of hydrogen-bond donors (Lipinski definition) is 2. The summed E-state index contributed by atoms with van der Waals surface area (Å²) in [6.45, 7) is 1.66. The summed E-state index contributed by atoms with van der Waals surface area (Å²) in [7, 11) is -3.08. The molecule has 0 bridgehead atoms. The van der Waals surface area contributed by atoms with E-state index in [0.717, 1.165) is 0 Å². The normalized spacial score (nSPS) is 27.2. The largest absolute Gasteiger partial charge is 0.509 e. The van der Waals surface area contributed by atoms with Crippen LogP contribution in [-0.4, -0.2) is 39.8 Å². The predicted octanol–water partition coefficient (Wildman–Crippen LogP) is 1.62. The highest BCUT2D eigenvalue weighted by Crippen LogP contribution is 2.44. The zero-order valence-corrected chi connectivity index (χ0v) is 9.61. The first kappa shape index (κ1) is 13.1. The first-order chi connectivity index (χ1) is 7.43. The maximum absolute atomic E-state index is 11.2. The standard InChI is InChI=1S/C9H14O6S/c1-3-7(2)14-9(10)15-8-4-5-13-16(11,12)6-8/h1,7-8,11-12H,4-6H2,2H3. The van der Waals surface area contributed by atoms with Crippen LogP contribution in [0.5, 0.6) is 0 Å². The molecule has 16 heavy (non-hydrogen) atoms. The first-order valence-corrected chi connectivity index (χ1v) is 6.31. The second-order valence-corrected chi connectivity index (χ2v) is 5.08. The second-order valence-electron chi connectivity index (χ2n) is 3.30. The van der Waals surface area contributed by atoms with E-state index in [9.17, 15) is 13.9 Å². The quantitative estimate of drug-likeness (QED) is 0.572. The van der Waals surface area contributed by atoms with Gasteiger partial charge in [-0.25, -0.2) is 4.79 Å². The van der Waals surface area contributed by atoms with Crippen LogP contribution in [0.2, 0.25) is 0 Å². The molecule has 1 aliphatic rings. The molecular formula is C9H14O6S. The van der Waals surface area contributed by atoms with Crippen LogP contribution in [0.15, 0.2) is 0 Å². The predicted molar refractivity (Wildman–Crippen MR) is 57.9 cm³/mol. The fourth-order valence-electron chi connectivity index (χ4n) is 1.12. The van der Waals surface area contributed by atoms with Crippen LogP contribution in [-0.2, 0) is 13.7 Å². The molecule has 0 aliphatic carbocycles. The minimum Gasteiger partial charge on any atom is -0.430 e. The zero-order chi connectivity index (χ0) is 12.2. The van der Waals surface area contributed by atoms with Crippen molar-refractivity contribution in [2.75, 3.05) is 12.4 Å². The lowest BCUT2D eigenvalue weighted by molar-refractivity contribution is 0.00884. The molecule has 0 aromatic carbocycles. The molecule has 0 amide bonds. The van der Waals surface area contributed by atoms with Gasteiger partial charge in [0.25, 0.3) is 0 Å². The number of terminal acetylenes is 1. The highest BCUT2D eigenvalue weighted by Gasteiger charge is 2.32. The monoisotopic (exact) mass is 250 g/mol. The Morgan fingerprint density at radius 3 is 2.94 bits per heavy atom. The van der Waals surface area contributed by atoms with Gasteiger partial charge in [0.1, 0.15) is 6.10 Å². The number of carbonyl (C=O) groups is 1. The van der Waals surface area contributed by atoms with Gasteiger partial charge in [-0.05, 0) is 6.92 Å². The molecule has 0 aromatic rings. The van der Waals surface area contributed by atoms with Gasteiger partial charge in [0.15, 0.2) is 6.10 Å². The van der Waals surface area contributed by atoms with Crippen LogP contribution in [0.1, 0.15) is 13.3 Å². The molecule has 1 heterocycles. The molecule has 0 spiro atoms. The number of carbonyl (C=O) groups excluding carboxylic acids is 1. The van der Waals surface area contributed by atoms with Crippen molar-refractivity contribution in [1.82, 2.24) is 0 Å². The maximum Gasteiger partial charge on any atom is 0.509 e. The Hall–Kier alpha value is -0.940. The number of ether oxygens (including phenoxy) is 2. The van der Waals surface area contributed by atoms with Crippen LogP contribution >= 0.6 is 10.9 Å². The minimum absolute atomic E-state index is 0.130. The van der Waals surface area contributed by atoms with Gasteiger partial charge in [-0.1, -0.05) is 5.92 Å². The third kappa shape index (κ3) is 4.28. The van der Waals surface area contributed by atoms with Crippen LogP contribution in [0.4, 0.5) is 4.79 Å². The molecule has 0 radical (unpaired) electrons. The molecule has 1 aliphatic heterocycles. The van der Waals surface area contributed by atoms with Crippen molar-refractivity contribution in [1.29, 1.82) is 0 Å². The van der Waals surface area contributed by atoms with Crippen LogP contribution < -0.4 is 0 Å². The van der Waals surface area contributed by atoms with E-state index in [4.69, 9.17) is 15.3 Å². The van der Waals surface area contributed by atoms with Crippen molar-refractivity contribution in [2.45, 2.75) is 25.6 Å². The molecule has 7 heteroatoms. The van der Waals surface area contributed by atoms with Crippen LogP contribution in [0.25, 0.3) is 0 Å². The second kappa shape index (κ2) is 5.41. The fraction of sp³-hybridized carbons (Fsp3) is 0.667. The van der Waals surface area contributed by atoms with E-state index in [1.165, 1.54) is 6.92 Å². The van der Waals surface area contributed by atoms with Gasteiger partial charge in [0.2, 0.25) is 0 Å². The van der Waals surface area contributed by atoms with Crippen molar-refractivity contribution in [2.24, 2.45) is 0 Å². The Morgan fingerprint density at radius 1 is 1.69 bits per heavy atom. The molecule has 0 aromatic heterocycles. The Kier molecular flexibility index (Phi) is 4.44. The van der Waals surface area contributed by atoms with Crippen LogP contribution in [0, 0.1) is 12.3 Å². The summed E-state index contributed by atoms with van der Waals surface area (Å²) in [5, 5.41) is 0. The molecule has 0 saturated carbocycles. The molecule has 1 fully saturated rings. The molecule has 2 unspecified atom stereocenters. The minimum atomic E-state index is -3.08. The summed E-state index contributed by atoms with van der Waals surface area (Å²) in [5.41, 5.74) is 0. The molecule has 6 nitrogen and oxygen atoms in total. The lowest BCUT2D eigenvalue weighted by Crippen LogP contribution is -2.32. The Labute approximate surface area is 95.4 Å².